The van der Waals surface area contributed by atoms with Gasteiger partial charge in [-0.3, -0.25) is 4.21 Å². The minimum absolute atomic E-state index is 0.181. The van der Waals surface area contributed by atoms with Crippen LogP contribution >= 0.6 is 0 Å². The Balaban J connectivity index is 3.10. The summed E-state index contributed by atoms with van der Waals surface area (Å²) < 4.78 is 36.5. The van der Waals surface area contributed by atoms with Gasteiger partial charge in [-0.15, -0.1) is 0 Å². The lowest BCUT2D eigenvalue weighted by Crippen LogP contribution is -2.30. The summed E-state index contributed by atoms with van der Waals surface area (Å²) in [5.74, 6) is -0.250. The Morgan fingerprint density at radius 1 is 1.50 bits per heavy atom. The predicted octanol–water partition coefficient (Wildman–Crippen LogP) is 2.39. The Kier molecular flexibility index (Phi) is 4.44. The van der Waals surface area contributed by atoms with Crippen molar-refractivity contribution in [3.05, 3.63) is 29.6 Å². The summed E-state index contributed by atoms with van der Waals surface area (Å²) in [6.07, 6.45) is 0. The van der Waals surface area contributed by atoms with E-state index in [2.05, 4.69) is 0 Å². The number of aryl methyl sites for hydroxylation is 1. The molecule has 1 unspecified atom stereocenters. The molecule has 1 aromatic carbocycles. The first kappa shape index (κ1) is 13.1. The highest BCUT2D eigenvalue weighted by Crippen LogP contribution is 2.23. The van der Waals surface area contributed by atoms with Crippen molar-refractivity contribution >= 4 is 17.0 Å². The fourth-order valence-corrected chi connectivity index (χ4v) is 2.20. The molecule has 1 rings (SSSR count). The molecule has 0 saturated heterocycles. The van der Waals surface area contributed by atoms with Crippen molar-refractivity contribution in [2.45, 2.75) is 20.8 Å². The third kappa shape index (κ3) is 3.28. The molecular weight excluding hydrogens is 229 g/mol. The van der Waals surface area contributed by atoms with Crippen molar-refractivity contribution in [1.29, 1.82) is 0 Å². The van der Waals surface area contributed by atoms with Crippen molar-refractivity contribution < 1.29 is 13.2 Å². The first-order chi connectivity index (χ1) is 7.41. The standard InChI is InChI=1S/C11H16FNO2S/c1-8(2)7-13(16(14)15)11-6-10(12)5-4-9(11)3/h4-6,8H,7H2,1-3H3,(H,14,15)/p-1. The maximum Gasteiger partial charge on any atom is 0.125 e. The molecule has 0 aliphatic heterocycles. The Morgan fingerprint density at radius 3 is 2.62 bits per heavy atom. The van der Waals surface area contributed by atoms with Crippen LogP contribution in [0.1, 0.15) is 19.4 Å². The second kappa shape index (κ2) is 5.41. The third-order valence-electron chi connectivity index (χ3n) is 2.15. The van der Waals surface area contributed by atoms with Crippen LogP contribution in [0.4, 0.5) is 10.1 Å². The van der Waals surface area contributed by atoms with Crippen molar-refractivity contribution in [1.82, 2.24) is 0 Å². The van der Waals surface area contributed by atoms with E-state index in [0.29, 0.717) is 12.2 Å². The molecule has 0 saturated carbocycles. The van der Waals surface area contributed by atoms with Crippen LogP contribution in [0.15, 0.2) is 18.2 Å². The van der Waals surface area contributed by atoms with Crippen molar-refractivity contribution in [3.8, 4) is 0 Å². The Hall–Kier alpha value is -0.940. The highest BCUT2D eigenvalue weighted by Gasteiger charge is 2.12. The van der Waals surface area contributed by atoms with Gasteiger partial charge >= 0.3 is 0 Å². The zero-order valence-corrected chi connectivity index (χ0v) is 10.4. The van der Waals surface area contributed by atoms with E-state index in [1.54, 1.807) is 13.0 Å². The van der Waals surface area contributed by atoms with E-state index in [-0.39, 0.29) is 5.92 Å². The van der Waals surface area contributed by atoms with E-state index in [9.17, 15) is 13.2 Å². The molecule has 0 fully saturated rings. The largest absolute Gasteiger partial charge is 0.755 e. The van der Waals surface area contributed by atoms with E-state index in [1.807, 2.05) is 13.8 Å². The van der Waals surface area contributed by atoms with Gasteiger partial charge in [0.2, 0.25) is 0 Å². The highest BCUT2D eigenvalue weighted by molar-refractivity contribution is 7.80. The van der Waals surface area contributed by atoms with Crippen LogP contribution in [0.5, 0.6) is 0 Å². The van der Waals surface area contributed by atoms with Crippen LogP contribution < -0.4 is 4.31 Å². The molecule has 0 heterocycles. The van der Waals surface area contributed by atoms with Crippen molar-refractivity contribution in [2.24, 2.45) is 5.92 Å². The molecule has 0 aromatic heterocycles. The lowest BCUT2D eigenvalue weighted by Gasteiger charge is -2.29. The number of rotatable bonds is 4. The monoisotopic (exact) mass is 244 g/mol. The van der Waals surface area contributed by atoms with Crippen molar-refractivity contribution in [3.63, 3.8) is 0 Å². The van der Waals surface area contributed by atoms with E-state index >= 15 is 0 Å². The summed E-state index contributed by atoms with van der Waals surface area (Å²) >= 11 is -2.38. The molecule has 0 radical (unpaired) electrons. The number of anilines is 1. The van der Waals surface area contributed by atoms with Gasteiger partial charge in [0, 0.05) is 17.8 Å². The summed E-state index contributed by atoms with van der Waals surface area (Å²) in [4.78, 5) is 0. The average Bonchev–Trinajstić information content (AvgIpc) is 2.18. The van der Waals surface area contributed by atoms with Gasteiger partial charge < -0.3 is 8.86 Å². The number of hydrogen-bond acceptors (Lipinski definition) is 2. The van der Waals surface area contributed by atoms with Gasteiger partial charge in [-0.05, 0) is 30.5 Å². The molecule has 0 aliphatic carbocycles. The number of hydrogen-bond donors (Lipinski definition) is 0. The number of halogens is 1. The van der Waals surface area contributed by atoms with Crippen LogP contribution in [0.3, 0.4) is 0 Å². The van der Waals surface area contributed by atoms with Gasteiger partial charge in [0.05, 0.1) is 5.69 Å². The average molecular weight is 244 g/mol. The Labute approximate surface area is 97.7 Å². The second-order valence-electron chi connectivity index (χ2n) is 4.10. The van der Waals surface area contributed by atoms with Crippen molar-refractivity contribution in [2.75, 3.05) is 10.8 Å². The van der Waals surface area contributed by atoms with Crippen LogP contribution in [0, 0.1) is 18.7 Å². The molecule has 0 aliphatic rings. The van der Waals surface area contributed by atoms with Gasteiger partial charge in [0.1, 0.15) is 5.82 Å². The smallest absolute Gasteiger partial charge is 0.125 e. The van der Waals surface area contributed by atoms with Gasteiger partial charge in [-0.2, -0.15) is 0 Å². The fourth-order valence-electron chi connectivity index (χ4n) is 1.42. The minimum Gasteiger partial charge on any atom is -0.755 e. The summed E-state index contributed by atoms with van der Waals surface area (Å²) in [5, 5.41) is 0. The Bertz CT molecular complexity index is 396. The van der Waals surface area contributed by atoms with Crippen LogP contribution in [0.2, 0.25) is 0 Å². The first-order valence-corrected chi connectivity index (χ1v) is 6.08. The van der Waals surface area contributed by atoms with E-state index in [4.69, 9.17) is 0 Å². The lowest BCUT2D eigenvalue weighted by molar-refractivity contribution is 0.524. The van der Waals surface area contributed by atoms with Gasteiger partial charge in [-0.25, -0.2) is 4.39 Å². The minimum atomic E-state index is -2.38. The van der Waals surface area contributed by atoms with Crippen LogP contribution in [-0.2, 0) is 11.3 Å². The summed E-state index contributed by atoms with van der Waals surface area (Å²) in [5.41, 5.74) is 1.15. The van der Waals surface area contributed by atoms with Crippen LogP contribution in [0.25, 0.3) is 0 Å². The quantitative estimate of drug-likeness (QED) is 0.763. The van der Waals surface area contributed by atoms with Gasteiger partial charge in [-0.1, -0.05) is 19.9 Å². The molecule has 0 bridgehead atoms. The summed E-state index contributed by atoms with van der Waals surface area (Å²) in [7, 11) is 0. The molecule has 90 valence electrons. The zero-order valence-electron chi connectivity index (χ0n) is 9.57. The molecule has 0 spiro atoms. The molecule has 5 heteroatoms. The van der Waals surface area contributed by atoms with E-state index < -0.39 is 17.1 Å². The fraction of sp³-hybridized carbons (Fsp3) is 0.455. The molecule has 3 nitrogen and oxygen atoms in total. The Morgan fingerprint density at radius 2 is 2.12 bits per heavy atom. The maximum atomic E-state index is 13.1. The first-order valence-electron chi connectivity index (χ1n) is 5.05. The number of benzene rings is 1. The molecule has 0 N–H and O–H groups in total. The summed E-state index contributed by atoms with van der Waals surface area (Å²) in [6, 6.07) is 4.14. The molecule has 1 atom stereocenters. The topological polar surface area (TPSA) is 43.4 Å². The van der Waals surface area contributed by atoms with E-state index in [0.717, 1.165) is 5.56 Å². The lowest BCUT2D eigenvalue weighted by atomic mass is 10.1. The van der Waals surface area contributed by atoms with Crippen LogP contribution in [-0.4, -0.2) is 15.3 Å². The number of nitrogens with zero attached hydrogens (tertiary/aromatic N) is 1. The van der Waals surface area contributed by atoms with Gasteiger partial charge in [0.15, 0.2) is 0 Å². The third-order valence-corrected chi connectivity index (χ3v) is 2.86. The predicted molar refractivity (Wildman–Crippen MR) is 62.2 cm³/mol. The molecular formula is C11H15FNO2S-. The zero-order chi connectivity index (χ0) is 12.3. The molecule has 1 aromatic rings. The molecule has 16 heavy (non-hydrogen) atoms. The second-order valence-corrected chi connectivity index (χ2v) is 4.98. The highest BCUT2D eigenvalue weighted by atomic mass is 32.2. The molecule has 0 amide bonds. The summed E-state index contributed by atoms with van der Waals surface area (Å²) in [6.45, 7) is 5.93. The SMILES string of the molecule is Cc1ccc(F)cc1N(CC(C)C)S(=O)[O-]. The maximum absolute atomic E-state index is 13.1. The normalized spacial score (nSPS) is 12.9. The van der Waals surface area contributed by atoms with E-state index in [1.165, 1.54) is 16.4 Å². The van der Waals surface area contributed by atoms with Gasteiger partial charge in [0.25, 0.3) is 0 Å².